The summed E-state index contributed by atoms with van der Waals surface area (Å²) in [5.41, 5.74) is 0.942. The van der Waals surface area contributed by atoms with Crippen LogP contribution in [0.4, 0.5) is 0 Å². The van der Waals surface area contributed by atoms with Crippen LogP contribution in [0, 0.1) is 12.8 Å². The van der Waals surface area contributed by atoms with Gasteiger partial charge in [0, 0.05) is 28.0 Å². The van der Waals surface area contributed by atoms with Crippen molar-refractivity contribution in [1.82, 2.24) is 10.0 Å². The fourth-order valence-electron chi connectivity index (χ4n) is 1.77. The number of hydrogen-bond donors (Lipinski definition) is 2. The third-order valence-corrected chi connectivity index (χ3v) is 6.44. The molecule has 0 radical (unpaired) electrons. The van der Waals surface area contributed by atoms with E-state index in [2.05, 4.69) is 41.9 Å². The Morgan fingerprint density at radius 1 is 1.24 bits per heavy atom. The highest BCUT2D eigenvalue weighted by atomic mass is 79.9. The summed E-state index contributed by atoms with van der Waals surface area (Å²) in [6.07, 6.45) is 1.86. The van der Waals surface area contributed by atoms with Crippen molar-refractivity contribution in [2.75, 3.05) is 13.1 Å². The molecular weight excluding hydrogens is 424 g/mol. The largest absolute Gasteiger partial charge is 0.355 e. The Balaban J connectivity index is 1.95. The first-order valence-electron chi connectivity index (χ1n) is 6.54. The van der Waals surface area contributed by atoms with E-state index >= 15 is 0 Å². The number of amides is 1. The number of halogens is 2. The van der Waals surface area contributed by atoms with Gasteiger partial charge in [-0.15, -0.1) is 0 Å². The van der Waals surface area contributed by atoms with E-state index in [1.165, 1.54) is 0 Å². The van der Waals surface area contributed by atoms with Crippen LogP contribution >= 0.6 is 31.9 Å². The summed E-state index contributed by atoms with van der Waals surface area (Å²) in [7, 11) is -3.61. The molecule has 1 aromatic rings. The maximum atomic E-state index is 12.2. The lowest BCUT2D eigenvalue weighted by molar-refractivity contribution is -0.122. The molecule has 1 aromatic carbocycles. The molecule has 0 aliphatic heterocycles. The highest BCUT2D eigenvalue weighted by molar-refractivity contribution is 9.11. The molecule has 0 aromatic heterocycles. The topological polar surface area (TPSA) is 75.3 Å². The molecule has 1 fully saturated rings. The molecule has 0 spiro atoms. The van der Waals surface area contributed by atoms with Crippen molar-refractivity contribution in [2.45, 2.75) is 24.7 Å². The number of hydrogen-bond acceptors (Lipinski definition) is 3. The van der Waals surface area contributed by atoms with Crippen LogP contribution in [0.5, 0.6) is 0 Å². The smallest absolute Gasteiger partial charge is 0.241 e. The summed E-state index contributed by atoms with van der Waals surface area (Å²) in [6, 6.07) is 3.30. The van der Waals surface area contributed by atoms with E-state index in [1.807, 2.05) is 6.92 Å². The molecule has 1 saturated carbocycles. The summed E-state index contributed by atoms with van der Waals surface area (Å²) in [4.78, 5) is 11.6. The third kappa shape index (κ3) is 4.51. The number of sulfonamides is 1. The molecule has 0 unspecified atom stereocenters. The van der Waals surface area contributed by atoms with Gasteiger partial charge in [0.05, 0.1) is 4.90 Å². The van der Waals surface area contributed by atoms with E-state index in [0.29, 0.717) is 11.0 Å². The number of aryl methyl sites for hydroxylation is 1. The van der Waals surface area contributed by atoms with Crippen LogP contribution in [-0.2, 0) is 14.8 Å². The van der Waals surface area contributed by atoms with Gasteiger partial charge in [-0.25, -0.2) is 13.1 Å². The zero-order valence-electron chi connectivity index (χ0n) is 11.4. The predicted molar refractivity (Wildman–Crippen MR) is 87.5 cm³/mol. The average molecular weight is 440 g/mol. The molecule has 1 amide bonds. The van der Waals surface area contributed by atoms with Crippen LogP contribution in [0.3, 0.4) is 0 Å². The van der Waals surface area contributed by atoms with E-state index in [0.717, 1.165) is 22.9 Å². The van der Waals surface area contributed by atoms with Crippen molar-refractivity contribution in [1.29, 1.82) is 0 Å². The van der Waals surface area contributed by atoms with Gasteiger partial charge in [-0.05, 0) is 53.4 Å². The van der Waals surface area contributed by atoms with Crippen LogP contribution in [-0.4, -0.2) is 27.4 Å². The molecule has 0 heterocycles. The minimum Gasteiger partial charge on any atom is -0.355 e. The maximum absolute atomic E-state index is 12.2. The zero-order chi connectivity index (χ0) is 15.6. The Kier molecular flexibility index (Phi) is 5.45. The van der Waals surface area contributed by atoms with Crippen LogP contribution in [0.15, 0.2) is 26.0 Å². The summed E-state index contributed by atoms with van der Waals surface area (Å²) in [6.45, 7) is 2.34. The molecule has 1 aliphatic rings. The lowest BCUT2D eigenvalue weighted by atomic mass is 10.2. The van der Waals surface area contributed by atoms with Crippen LogP contribution in [0.25, 0.3) is 0 Å². The first-order valence-corrected chi connectivity index (χ1v) is 9.61. The highest BCUT2D eigenvalue weighted by Crippen LogP contribution is 2.29. The fraction of sp³-hybridized carbons (Fsp3) is 0.462. The molecule has 116 valence electrons. The van der Waals surface area contributed by atoms with Crippen molar-refractivity contribution in [2.24, 2.45) is 5.92 Å². The normalized spacial score (nSPS) is 15.0. The molecule has 0 atom stereocenters. The fourth-order valence-corrected chi connectivity index (χ4v) is 4.48. The van der Waals surface area contributed by atoms with Gasteiger partial charge in [0.1, 0.15) is 0 Å². The molecule has 21 heavy (non-hydrogen) atoms. The second kappa shape index (κ2) is 6.76. The van der Waals surface area contributed by atoms with Gasteiger partial charge in [-0.3, -0.25) is 4.79 Å². The highest BCUT2D eigenvalue weighted by Gasteiger charge is 2.29. The molecule has 2 rings (SSSR count). The predicted octanol–water partition coefficient (Wildman–Crippen LogP) is 2.32. The van der Waals surface area contributed by atoms with E-state index in [4.69, 9.17) is 0 Å². The van der Waals surface area contributed by atoms with Crippen molar-refractivity contribution in [3.05, 3.63) is 26.6 Å². The van der Waals surface area contributed by atoms with Gasteiger partial charge in [-0.2, -0.15) is 0 Å². The SMILES string of the molecule is Cc1cc(Br)c(S(=O)(=O)NCCNC(=O)C2CC2)cc1Br. The number of nitrogens with one attached hydrogen (secondary N) is 2. The number of benzene rings is 1. The zero-order valence-corrected chi connectivity index (χ0v) is 15.4. The number of carbonyl (C=O) groups excluding carboxylic acids is 1. The summed E-state index contributed by atoms with van der Waals surface area (Å²) in [5, 5.41) is 2.72. The van der Waals surface area contributed by atoms with Gasteiger partial charge in [0.25, 0.3) is 0 Å². The van der Waals surface area contributed by atoms with E-state index in [9.17, 15) is 13.2 Å². The average Bonchev–Trinajstić information content (AvgIpc) is 3.23. The number of carbonyl (C=O) groups is 1. The minimum atomic E-state index is -3.61. The van der Waals surface area contributed by atoms with Crippen molar-refractivity contribution in [3.63, 3.8) is 0 Å². The first kappa shape index (κ1) is 16.9. The monoisotopic (exact) mass is 438 g/mol. The molecule has 2 N–H and O–H groups in total. The minimum absolute atomic E-state index is 0.00783. The Labute approximate surface area is 141 Å². The number of rotatable bonds is 6. The Morgan fingerprint density at radius 2 is 1.90 bits per heavy atom. The summed E-state index contributed by atoms with van der Waals surface area (Å²) in [5.74, 6) is 0.136. The molecular formula is C13H16Br2N2O3S. The van der Waals surface area contributed by atoms with Gasteiger partial charge >= 0.3 is 0 Å². The van der Waals surface area contributed by atoms with Crippen LogP contribution in [0.2, 0.25) is 0 Å². The first-order chi connectivity index (χ1) is 9.81. The lowest BCUT2D eigenvalue weighted by Gasteiger charge is -2.11. The molecule has 0 bridgehead atoms. The van der Waals surface area contributed by atoms with E-state index < -0.39 is 10.0 Å². The van der Waals surface area contributed by atoms with Crippen molar-refractivity contribution in [3.8, 4) is 0 Å². The standard InChI is InChI=1S/C13H16Br2N2O3S/c1-8-6-11(15)12(7-10(8)14)21(19,20)17-5-4-16-13(18)9-2-3-9/h6-7,9,17H,2-5H2,1H3,(H,16,18). The Hall–Kier alpha value is -0.440. The second-order valence-corrected chi connectivity index (χ2v) is 8.44. The van der Waals surface area contributed by atoms with Crippen LogP contribution in [0.1, 0.15) is 18.4 Å². The van der Waals surface area contributed by atoms with Gasteiger partial charge in [0.15, 0.2) is 0 Å². The van der Waals surface area contributed by atoms with Crippen LogP contribution < -0.4 is 10.0 Å². The second-order valence-electron chi connectivity index (χ2n) is 4.99. The van der Waals surface area contributed by atoms with Gasteiger partial charge in [-0.1, -0.05) is 15.9 Å². The van der Waals surface area contributed by atoms with Gasteiger partial charge < -0.3 is 5.32 Å². The van der Waals surface area contributed by atoms with Gasteiger partial charge in [0.2, 0.25) is 15.9 Å². The Bertz CT molecular complexity index is 658. The van der Waals surface area contributed by atoms with E-state index in [-0.39, 0.29) is 23.3 Å². The van der Waals surface area contributed by atoms with E-state index in [1.54, 1.807) is 12.1 Å². The summed E-state index contributed by atoms with van der Waals surface area (Å²) >= 11 is 6.59. The van der Waals surface area contributed by atoms with Crippen molar-refractivity contribution >= 4 is 47.8 Å². The Morgan fingerprint density at radius 3 is 2.52 bits per heavy atom. The summed E-state index contributed by atoms with van der Waals surface area (Å²) < 4.78 is 28.2. The lowest BCUT2D eigenvalue weighted by Crippen LogP contribution is -2.35. The molecule has 0 saturated heterocycles. The molecule has 5 nitrogen and oxygen atoms in total. The third-order valence-electron chi connectivity index (χ3n) is 3.17. The molecule has 1 aliphatic carbocycles. The maximum Gasteiger partial charge on any atom is 0.241 e. The van der Waals surface area contributed by atoms with Crippen molar-refractivity contribution < 1.29 is 13.2 Å². The molecule has 8 heteroatoms. The quantitative estimate of drug-likeness (QED) is 0.668.